The highest BCUT2D eigenvalue weighted by Crippen LogP contribution is 2.08. The van der Waals surface area contributed by atoms with Gasteiger partial charge < -0.3 is 9.84 Å². The molecule has 0 saturated heterocycles. The van der Waals surface area contributed by atoms with Crippen molar-refractivity contribution >= 4 is 5.97 Å². The normalized spacial score (nSPS) is 12.1. The van der Waals surface area contributed by atoms with Crippen molar-refractivity contribution in [3.8, 4) is 0 Å². The molecule has 0 amide bonds. The van der Waals surface area contributed by atoms with E-state index in [2.05, 4.69) is 13.5 Å². The van der Waals surface area contributed by atoms with Gasteiger partial charge in [0.05, 0.1) is 12.7 Å². The Morgan fingerprint density at radius 1 is 1.40 bits per heavy atom. The Kier molecular flexibility index (Phi) is 9.18. The predicted molar refractivity (Wildman–Crippen MR) is 60.5 cm³/mol. The van der Waals surface area contributed by atoms with E-state index in [4.69, 9.17) is 4.74 Å². The van der Waals surface area contributed by atoms with Crippen molar-refractivity contribution in [2.24, 2.45) is 0 Å². The molecule has 1 atom stereocenters. The van der Waals surface area contributed by atoms with Crippen LogP contribution in [0.25, 0.3) is 0 Å². The second-order valence-corrected chi connectivity index (χ2v) is 3.66. The molecule has 0 aromatic heterocycles. The zero-order valence-electron chi connectivity index (χ0n) is 9.58. The van der Waals surface area contributed by atoms with Gasteiger partial charge in [0.15, 0.2) is 0 Å². The largest absolute Gasteiger partial charge is 0.463 e. The number of carbonyl (C=O) groups is 1. The van der Waals surface area contributed by atoms with Gasteiger partial charge in [0, 0.05) is 6.08 Å². The Morgan fingerprint density at radius 2 is 2.13 bits per heavy atom. The average molecular weight is 214 g/mol. The van der Waals surface area contributed by atoms with Crippen LogP contribution in [0, 0.1) is 0 Å². The minimum atomic E-state index is -0.360. The topological polar surface area (TPSA) is 46.5 Å². The average Bonchev–Trinajstić information content (AvgIpc) is 2.23. The predicted octanol–water partition coefficient (Wildman–Crippen LogP) is 2.44. The molecule has 0 saturated carbocycles. The van der Waals surface area contributed by atoms with Gasteiger partial charge >= 0.3 is 5.97 Å². The number of hydrogen-bond acceptors (Lipinski definition) is 3. The van der Waals surface area contributed by atoms with E-state index in [1.165, 1.54) is 6.08 Å². The SMILES string of the molecule is C=CC(=O)OCCCCCC(O)CCC. The van der Waals surface area contributed by atoms with E-state index in [1.807, 2.05) is 0 Å². The van der Waals surface area contributed by atoms with Crippen LogP contribution < -0.4 is 0 Å². The van der Waals surface area contributed by atoms with Crippen molar-refractivity contribution in [3.63, 3.8) is 0 Å². The van der Waals surface area contributed by atoms with E-state index >= 15 is 0 Å². The van der Waals surface area contributed by atoms with E-state index in [-0.39, 0.29) is 12.1 Å². The second-order valence-electron chi connectivity index (χ2n) is 3.66. The van der Waals surface area contributed by atoms with Gasteiger partial charge in [-0.3, -0.25) is 0 Å². The van der Waals surface area contributed by atoms with E-state index in [0.717, 1.165) is 38.5 Å². The second kappa shape index (κ2) is 9.71. The van der Waals surface area contributed by atoms with Crippen LogP contribution in [0.15, 0.2) is 12.7 Å². The van der Waals surface area contributed by atoms with E-state index in [0.29, 0.717) is 6.61 Å². The van der Waals surface area contributed by atoms with Crippen LogP contribution in [0.4, 0.5) is 0 Å². The molecule has 0 heterocycles. The Hall–Kier alpha value is -0.830. The fourth-order valence-electron chi connectivity index (χ4n) is 1.37. The lowest BCUT2D eigenvalue weighted by molar-refractivity contribution is -0.137. The van der Waals surface area contributed by atoms with Crippen molar-refractivity contribution < 1.29 is 14.6 Å². The first-order chi connectivity index (χ1) is 7.20. The van der Waals surface area contributed by atoms with Gasteiger partial charge in [0.2, 0.25) is 0 Å². The smallest absolute Gasteiger partial charge is 0.330 e. The zero-order chi connectivity index (χ0) is 11.5. The van der Waals surface area contributed by atoms with Crippen molar-refractivity contribution in [1.29, 1.82) is 0 Å². The van der Waals surface area contributed by atoms with Gasteiger partial charge in [-0.1, -0.05) is 26.3 Å². The molecule has 15 heavy (non-hydrogen) atoms. The lowest BCUT2D eigenvalue weighted by Crippen LogP contribution is -2.06. The van der Waals surface area contributed by atoms with Crippen molar-refractivity contribution in [2.75, 3.05) is 6.61 Å². The molecule has 3 heteroatoms. The Morgan fingerprint density at radius 3 is 2.73 bits per heavy atom. The molecule has 0 aromatic rings. The number of ether oxygens (including phenoxy) is 1. The number of rotatable bonds is 9. The molecular weight excluding hydrogens is 192 g/mol. The third kappa shape index (κ3) is 9.47. The van der Waals surface area contributed by atoms with Crippen LogP contribution in [-0.2, 0) is 9.53 Å². The fourth-order valence-corrected chi connectivity index (χ4v) is 1.37. The van der Waals surface area contributed by atoms with Crippen LogP contribution in [0.1, 0.15) is 45.4 Å². The molecular formula is C12H22O3. The van der Waals surface area contributed by atoms with Crippen molar-refractivity contribution in [2.45, 2.75) is 51.6 Å². The number of aliphatic hydroxyl groups is 1. The Balaban J connectivity index is 3.17. The summed E-state index contributed by atoms with van der Waals surface area (Å²) in [6, 6.07) is 0. The quantitative estimate of drug-likeness (QED) is 0.364. The number of carbonyl (C=O) groups excluding carboxylic acids is 1. The Labute approximate surface area is 92.1 Å². The molecule has 0 aromatic carbocycles. The molecule has 1 N–H and O–H groups in total. The molecule has 0 radical (unpaired) electrons. The maximum Gasteiger partial charge on any atom is 0.330 e. The zero-order valence-corrected chi connectivity index (χ0v) is 9.58. The summed E-state index contributed by atoms with van der Waals surface area (Å²) in [7, 11) is 0. The molecule has 0 spiro atoms. The highest BCUT2D eigenvalue weighted by atomic mass is 16.5. The molecule has 0 rings (SSSR count). The molecule has 3 nitrogen and oxygen atoms in total. The Bertz CT molecular complexity index is 178. The molecule has 0 aliphatic rings. The summed E-state index contributed by atoms with van der Waals surface area (Å²) < 4.78 is 4.83. The van der Waals surface area contributed by atoms with Crippen molar-refractivity contribution in [1.82, 2.24) is 0 Å². The van der Waals surface area contributed by atoms with Gasteiger partial charge in [-0.15, -0.1) is 0 Å². The third-order valence-electron chi connectivity index (χ3n) is 2.21. The first-order valence-electron chi connectivity index (χ1n) is 5.68. The summed E-state index contributed by atoms with van der Waals surface area (Å²) in [6.45, 7) is 5.83. The van der Waals surface area contributed by atoms with Gasteiger partial charge in [0.1, 0.15) is 0 Å². The maximum atomic E-state index is 10.7. The van der Waals surface area contributed by atoms with Gasteiger partial charge in [0.25, 0.3) is 0 Å². The number of esters is 1. The summed E-state index contributed by atoms with van der Waals surface area (Å²) in [6.07, 6.45) is 6.61. The highest BCUT2D eigenvalue weighted by Gasteiger charge is 2.02. The first-order valence-corrected chi connectivity index (χ1v) is 5.68. The number of aliphatic hydroxyl groups excluding tert-OH is 1. The standard InChI is InChI=1S/C12H22O3/c1-3-8-11(13)9-6-5-7-10-15-12(14)4-2/h4,11,13H,2-3,5-10H2,1H3. The summed E-state index contributed by atoms with van der Waals surface area (Å²) in [5, 5.41) is 9.43. The summed E-state index contributed by atoms with van der Waals surface area (Å²) in [5.41, 5.74) is 0. The van der Waals surface area contributed by atoms with Crippen LogP contribution in [0.3, 0.4) is 0 Å². The lowest BCUT2D eigenvalue weighted by Gasteiger charge is -2.08. The molecule has 0 aliphatic heterocycles. The monoisotopic (exact) mass is 214 g/mol. The van der Waals surface area contributed by atoms with Gasteiger partial charge in [-0.2, -0.15) is 0 Å². The summed E-state index contributed by atoms with van der Waals surface area (Å²) >= 11 is 0. The summed E-state index contributed by atoms with van der Waals surface area (Å²) in [4.78, 5) is 10.7. The van der Waals surface area contributed by atoms with E-state index in [1.54, 1.807) is 0 Å². The third-order valence-corrected chi connectivity index (χ3v) is 2.21. The molecule has 88 valence electrons. The fraction of sp³-hybridized carbons (Fsp3) is 0.750. The summed E-state index contributed by atoms with van der Waals surface area (Å²) in [5.74, 6) is -0.360. The first kappa shape index (κ1) is 14.2. The molecule has 0 aliphatic carbocycles. The lowest BCUT2D eigenvalue weighted by atomic mass is 10.1. The van der Waals surface area contributed by atoms with Crippen LogP contribution in [0.2, 0.25) is 0 Å². The maximum absolute atomic E-state index is 10.7. The van der Waals surface area contributed by atoms with Gasteiger partial charge in [-0.25, -0.2) is 4.79 Å². The number of unbranched alkanes of at least 4 members (excludes halogenated alkanes) is 2. The number of hydrogen-bond donors (Lipinski definition) is 1. The van der Waals surface area contributed by atoms with E-state index in [9.17, 15) is 9.90 Å². The molecule has 0 fully saturated rings. The minimum absolute atomic E-state index is 0.161. The van der Waals surface area contributed by atoms with Crippen LogP contribution in [0.5, 0.6) is 0 Å². The highest BCUT2D eigenvalue weighted by molar-refractivity contribution is 5.81. The van der Waals surface area contributed by atoms with Crippen molar-refractivity contribution in [3.05, 3.63) is 12.7 Å². The van der Waals surface area contributed by atoms with E-state index < -0.39 is 0 Å². The van der Waals surface area contributed by atoms with Crippen LogP contribution >= 0.6 is 0 Å². The van der Waals surface area contributed by atoms with Gasteiger partial charge in [-0.05, 0) is 25.7 Å². The minimum Gasteiger partial charge on any atom is -0.463 e. The molecule has 1 unspecified atom stereocenters. The molecule has 0 bridgehead atoms. The van der Waals surface area contributed by atoms with Crippen LogP contribution in [-0.4, -0.2) is 23.8 Å².